The van der Waals surface area contributed by atoms with Crippen LogP contribution in [0.15, 0.2) is 36.5 Å². The first-order valence-electron chi connectivity index (χ1n) is 6.43. The highest BCUT2D eigenvalue weighted by molar-refractivity contribution is 6.21. The van der Waals surface area contributed by atoms with E-state index in [1.54, 1.807) is 13.8 Å². The summed E-state index contributed by atoms with van der Waals surface area (Å²) in [5.41, 5.74) is 3.68. The molecule has 0 fully saturated rings. The highest BCUT2D eigenvalue weighted by Gasteiger charge is 2.23. The molecule has 1 aromatic heterocycles. The van der Waals surface area contributed by atoms with Gasteiger partial charge in [-0.05, 0) is 28.0 Å². The van der Waals surface area contributed by atoms with E-state index in [9.17, 15) is 14.9 Å². The maximum absolute atomic E-state index is 12.1. The average Bonchev–Trinajstić information content (AvgIpc) is 2.90. The Hall–Kier alpha value is -3.00. The van der Waals surface area contributed by atoms with Crippen LogP contribution in [0.1, 0.15) is 18.3 Å². The van der Waals surface area contributed by atoms with E-state index in [0.29, 0.717) is 11.4 Å². The SMILES string of the molecule is C/C(=C(/C(=O)NN)n1cc([N+](=O)[O-])nc1C)c1ccccc1. The third-order valence-electron chi connectivity index (χ3n) is 3.21. The van der Waals surface area contributed by atoms with Crippen molar-refractivity contribution in [3.05, 3.63) is 58.0 Å². The van der Waals surface area contributed by atoms with Gasteiger partial charge in [-0.2, -0.15) is 0 Å². The van der Waals surface area contributed by atoms with E-state index in [1.165, 1.54) is 10.8 Å². The summed E-state index contributed by atoms with van der Waals surface area (Å²) in [7, 11) is 0. The third kappa shape index (κ3) is 2.86. The van der Waals surface area contributed by atoms with Gasteiger partial charge in [-0.15, -0.1) is 0 Å². The van der Waals surface area contributed by atoms with Crippen LogP contribution in [0.4, 0.5) is 5.82 Å². The molecule has 0 radical (unpaired) electrons. The van der Waals surface area contributed by atoms with Crippen LogP contribution in [0.3, 0.4) is 0 Å². The molecule has 0 aliphatic heterocycles. The summed E-state index contributed by atoms with van der Waals surface area (Å²) in [6.07, 6.45) is 1.20. The number of benzene rings is 1. The summed E-state index contributed by atoms with van der Waals surface area (Å²) < 4.78 is 1.36. The molecule has 0 saturated carbocycles. The molecule has 0 saturated heterocycles. The third-order valence-corrected chi connectivity index (χ3v) is 3.21. The molecule has 0 unspecified atom stereocenters. The maximum Gasteiger partial charge on any atom is 0.382 e. The molecule has 114 valence electrons. The van der Waals surface area contributed by atoms with Crippen molar-refractivity contribution in [1.82, 2.24) is 15.0 Å². The number of imidazole rings is 1. The lowest BCUT2D eigenvalue weighted by molar-refractivity contribution is -0.389. The summed E-state index contributed by atoms with van der Waals surface area (Å²) in [4.78, 5) is 26.2. The van der Waals surface area contributed by atoms with Crippen LogP contribution in [-0.4, -0.2) is 20.4 Å². The van der Waals surface area contributed by atoms with Gasteiger partial charge in [-0.1, -0.05) is 30.3 Å². The Labute approximate surface area is 126 Å². The number of hydrazine groups is 1. The van der Waals surface area contributed by atoms with E-state index in [1.807, 2.05) is 30.3 Å². The van der Waals surface area contributed by atoms with E-state index in [2.05, 4.69) is 10.4 Å². The van der Waals surface area contributed by atoms with Gasteiger partial charge in [-0.25, -0.2) is 5.84 Å². The lowest BCUT2D eigenvalue weighted by Crippen LogP contribution is -2.33. The normalized spacial score (nSPS) is 11.8. The Morgan fingerprint density at radius 2 is 2.00 bits per heavy atom. The second kappa shape index (κ2) is 6.19. The predicted molar refractivity (Wildman–Crippen MR) is 81.2 cm³/mol. The molecule has 0 aliphatic carbocycles. The van der Waals surface area contributed by atoms with Crippen molar-refractivity contribution in [2.45, 2.75) is 13.8 Å². The standard InChI is InChI=1S/C14H15N5O3/c1-9(11-6-4-3-5-7-11)13(14(20)17-15)18-8-12(19(21)22)16-10(18)2/h3-8H,15H2,1-2H3,(H,17,20)/b13-9+. The zero-order chi connectivity index (χ0) is 16.3. The number of allylic oxidation sites excluding steroid dienone is 1. The van der Waals surface area contributed by atoms with Gasteiger partial charge in [0.05, 0.1) is 0 Å². The molecular formula is C14H15N5O3. The van der Waals surface area contributed by atoms with Gasteiger partial charge in [0.15, 0.2) is 0 Å². The quantitative estimate of drug-likeness (QED) is 0.292. The fourth-order valence-electron chi connectivity index (χ4n) is 2.13. The van der Waals surface area contributed by atoms with Crippen molar-refractivity contribution in [1.29, 1.82) is 0 Å². The Morgan fingerprint density at radius 1 is 1.36 bits per heavy atom. The molecule has 8 nitrogen and oxygen atoms in total. The number of nitro groups is 1. The molecule has 0 spiro atoms. The first-order chi connectivity index (χ1) is 10.5. The number of carbonyl (C=O) groups is 1. The van der Waals surface area contributed by atoms with Crippen molar-refractivity contribution in [3.8, 4) is 0 Å². The van der Waals surface area contributed by atoms with Crippen LogP contribution in [0.25, 0.3) is 11.3 Å². The van der Waals surface area contributed by atoms with Gasteiger partial charge in [0.2, 0.25) is 5.82 Å². The van der Waals surface area contributed by atoms with E-state index in [-0.39, 0.29) is 11.5 Å². The topological polar surface area (TPSA) is 116 Å². The van der Waals surface area contributed by atoms with E-state index < -0.39 is 10.8 Å². The van der Waals surface area contributed by atoms with Crippen molar-refractivity contribution >= 4 is 23.0 Å². The first-order valence-corrected chi connectivity index (χ1v) is 6.43. The van der Waals surface area contributed by atoms with E-state index in [0.717, 1.165) is 5.56 Å². The molecule has 0 bridgehead atoms. The van der Waals surface area contributed by atoms with Crippen molar-refractivity contribution in [2.75, 3.05) is 0 Å². The highest BCUT2D eigenvalue weighted by atomic mass is 16.6. The zero-order valence-electron chi connectivity index (χ0n) is 12.1. The van der Waals surface area contributed by atoms with Crippen molar-refractivity contribution in [3.63, 3.8) is 0 Å². The molecular weight excluding hydrogens is 286 g/mol. The minimum absolute atomic E-state index is 0.187. The fraction of sp³-hybridized carbons (Fsp3) is 0.143. The summed E-state index contributed by atoms with van der Waals surface area (Å²) >= 11 is 0. The second-order valence-electron chi connectivity index (χ2n) is 4.59. The van der Waals surface area contributed by atoms with Gasteiger partial charge >= 0.3 is 5.82 Å². The number of carbonyl (C=O) groups excluding carboxylic acids is 1. The monoisotopic (exact) mass is 301 g/mol. The summed E-state index contributed by atoms with van der Waals surface area (Å²) in [6, 6.07) is 9.19. The largest absolute Gasteiger partial charge is 0.382 e. The number of hydrogen-bond acceptors (Lipinski definition) is 5. The number of hydrogen-bond donors (Lipinski definition) is 2. The van der Waals surface area contributed by atoms with Crippen LogP contribution in [0.2, 0.25) is 0 Å². The number of rotatable bonds is 4. The van der Waals surface area contributed by atoms with Crippen LogP contribution < -0.4 is 11.3 Å². The van der Waals surface area contributed by atoms with Crippen molar-refractivity contribution in [2.24, 2.45) is 5.84 Å². The minimum atomic E-state index is -0.612. The number of aryl methyl sites for hydroxylation is 1. The summed E-state index contributed by atoms with van der Waals surface area (Å²) in [5, 5.41) is 10.9. The molecule has 1 heterocycles. The average molecular weight is 301 g/mol. The van der Waals surface area contributed by atoms with Crippen LogP contribution in [0.5, 0.6) is 0 Å². The molecule has 22 heavy (non-hydrogen) atoms. The van der Waals surface area contributed by atoms with Crippen LogP contribution in [0, 0.1) is 17.0 Å². The number of nitrogens with zero attached hydrogens (tertiary/aromatic N) is 3. The summed E-state index contributed by atoms with van der Waals surface area (Å²) in [5.74, 6) is 4.67. The fourth-order valence-corrected chi connectivity index (χ4v) is 2.13. The number of amides is 1. The number of nitrogens with one attached hydrogen (secondary N) is 1. The lowest BCUT2D eigenvalue weighted by Gasteiger charge is -2.12. The molecule has 3 N–H and O–H groups in total. The zero-order valence-corrected chi connectivity index (χ0v) is 12.1. The van der Waals surface area contributed by atoms with Gasteiger partial charge < -0.3 is 10.1 Å². The van der Waals surface area contributed by atoms with Gasteiger partial charge in [0.25, 0.3) is 5.91 Å². The molecule has 0 aliphatic rings. The lowest BCUT2D eigenvalue weighted by atomic mass is 10.0. The molecule has 1 amide bonds. The van der Waals surface area contributed by atoms with Gasteiger partial charge in [-0.3, -0.25) is 14.8 Å². The van der Waals surface area contributed by atoms with Crippen LogP contribution in [-0.2, 0) is 4.79 Å². The Bertz CT molecular complexity index is 749. The van der Waals surface area contributed by atoms with Gasteiger partial charge in [0, 0.05) is 6.92 Å². The number of nitrogens with two attached hydrogens (primary N) is 1. The Kier molecular flexibility index (Phi) is 4.33. The molecule has 2 aromatic rings. The summed E-state index contributed by atoms with van der Waals surface area (Å²) in [6.45, 7) is 3.32. The molecule has 2 rings (SSSR count). The highest BCUT2D eigenvalue weighted by Crippen LogP contribution is 2.24. The maximum atomic E-state index is 12.1. The second-order valence-corrected chi connectivity index (χ2v) is 4.59. The van der Waals surface area contributed by atoms with Crippen molar-refractivity contribution < 1.29 is 9.72 Å². The predicted octanol–water partition coefficient (Wildman–Crippen LogP) is 1.48. The van der Waals surface area contributed by atoms with Crippen LogP contribution >= 0.6 is 0 Å². The minimum Gasteiger partial charge on any atom is -0.358 e. The van der Waals surface area contributed by atoms with E-state index in [4.69, 9.17) is 5.84 Å². The van der Waals surface area contributed by atoms with Gasteiger partial charge in [0.1, 0.15) is 11.9 Å². The molecule has 0 atom stereocenters. The Balaban J connectivity index is 2.66. The first kappa shape index (κ1) is 15.4. The van der Waals surface area contributed by atoms with E-state index >= 15 is 0 Å². The molecule has 1 aromatic carbocycles. The molecule has 8 heteroatoms. The Morgan fingerprint density at radius 3 is 2.50 bits per heavy atom. The number of aromatic nitrogens is 2. The smallest absolute Gasteiger partial charge is 0.358 e.